The summed E-state index contributed by atoms with van der Waals surface area (Å²) >= 11 is 0. The van der Waals surface area contributed by atoms with Crippen LogP contribution in [0.25, 0.3) is 0 Å². The number of rotatable bonds is 6. The Bertz CT molecular complexity index is 1040. The summed E-state index contributed by atoms with van der Waals surface area (Å²) in [6, 6.07) is 11.4. The van der Waals surface area contributed by atoms with Crippen molar-refractivity contribution in [2.45, 2.75) is 63.1 Å². The smallest absolute Gasteiger partial charge is 0.276 e. The van der Waals surface area contributed by atoms with Gasteiger partial charge in [0.2, 0.25) is 11.0 Å². The van der Waals surface area contributed by atoms with Crippen LogP contribution in [-0.4, -0.2) is 37.8 Å². The second-order valence-corrected chi connectivity index (χ2v) is 10.9. The van der Waals surface area contributed by atoms with Gasteiger partial charge in [0.1, 0.15) is 5.76 Å². The summed E-state index contributed by atoms with van der Waals surface area (Å²) in [5.74, 6) is 0.770. The maximum absolute atomic E-state index is 13.0. The number of hydrogen-bond donors (Lipinski definition) is 3. The molecule has 1 aromatic carbocycles. The Labute approximate surface area is 189 Å². The summed E-state index contributed by atoms with van der Waals surface area (Å²) in [5, 5.41) is 2.92. The zero-order valence-electron chi connectivity index (χ0n) is 18.8. The fourth-order valence-corrected chi connectivity index (χ4v) is 5.63. The van der Waals surface area contributed by atoms with Crippen LogP contribution < -0.4 is 16.2 Å². The van der Waals surface area contributed by atoms with Gasteiger partial charge in [0.25, 0.3) is 10.0 Å². The van der Waals surface area contributed by atoms with Gasteiger partial charge in [-0.05, 0) is 61.9 Å². The van der Waals surface area contributed by atoms with Crippen LogP contribution in [0, 0.1) is 5.92 Å². The molecule has 1 aromatic heterocycles. The minimum atomic E-state index is -3.72. The summed E-state index contributed by atoms with van der Waals surface area (Å²) in [6.07, 6.45) is 1.79. The van der Waals surface area contributed by atoms with Crippen molar-refractivity contribution in [1.82, 2.24) is 15.2 Å². The minimum absolute atomic E-state index is 0.0398. The Morgan fingerprint density at radius 2 is 1.78 bits per heavy atom. The highest BCUT2D eigenvalue weighted by molar-refractivity contribution is 7.89. The average Bonchev–Trinajstić information content (AvgIpc) is 3.44. The largest absolute Gasteiger partial charge is 0.447 e. The second-order valence-electron chi connectivity index (χ2n) is 9.08. The van der Waals surface area contributed by atoms with Crippen molar-refractivity contribution in [2.75, 3.05) is 18.4 Å². The van der Waals surface area contributed by atoms with Crippen LogP contribution in [0.4, 0.5) is 5.69 Å². The van der Waals surface area contributed by atoms with Crippen LogP contribution in [0.5, 0.6) is 0 Å². The van der Waals surface area contributed by atoms with Crippen LogP contribution in [0.15, 0.2) is 45.9 Å². The van der Waals surface area contributed by atoms with Crippen molar-refractivity contribution in [3.63, 3.8) is 0 Å². The molecule has 2 fully saturated rings. The molecule has 0 radical (unpaired) electrons. The van der Waals surface area contributed by atoms with Crippen LogP contribution >= 0.6 is 0 Å². The fourth-order valence-electron chi connectivity index (χ4n) is 4.24. The molecule has 2 aliphatic heterocycles. The van der Waals surface area contributed by atoms with Gasteiger partial charge < -0.3 is 9.73 Å². The fraction of sp³-hybridized carbons (Fsp3) is 0.522. The van der Waals surface area contributed by atoms with Gasteiger partial charge in [-0.15, -0.1) is 0 Å². The highest BCUT2D eigenvalue weighted by atomic mass is 32.2. The van der Waals surface area contributed by atoms with Crippen molar-refractivity contribution >= 4 is 21.6 Å². The maximum Gasteiger partial charge on any atom is 0.276 e. The lowest BCUT2D eigenvalue weighted by molar-refractivity contribution is -0.120. The number of carbonyl (C=O) groups is 1. The number of nitrogens with zero attached hydrogens (tertiary/aromatic N) is 1. The molecule has 2 unspecified atom stereocenters. The van der Waals surface area contributed by atoms with E-state index in [4.69, 9.17) is 4.42 Å². The molecule has 4 rings (SSSR count). The predicted octanol–water partition coefficient (Wildman–Crippen LogP) is 3.37. The molecule has 32 heavy (non-hydrogen) atoms. The first-order valence-electron chi connectivity index (χ1n) is 11.3. The number of nitrogens with one attached hydrogen (secondary N) is 3. The third-order valence-corrected chi connectivity index (χ3v) is 8.08. The van der Waals surface area contributed by atoms with E-state index in [-0.39, 0.29) is 23.0 Å². The number of hydrazine groups is 1. The van der Waals surface area contributed by atoms with Gasteiger partial charge in [-0.2, -0.15) is 4.31 Å². The zero-order valence-corrected chi connectivity index (χ0v) is 19.6. The number of anilines is 1. The number of amides is 1. The normalized spacial score (nSPS) is 23.0. The van der Waals surface area contributed by atoms with Gasteiger partial charge in [-0.3, -0.25) is 10.2 Å². The van der Waals surface area contributed by atoms with E-state index in [2.05, 4.69) is 36.9 Å². The molecule has 0 bridgehead atoms. The second kappa shape index (κ2) is 9.35. The molecule has 0 saturated carbocycles. The van der Waals surface area contributed by atoms with Crippen LogP contribution in [0.3, 0.4) is 0 Å². The molecule has 2 atom stereocenters. The predicted molar refractivity (Wildman–Crippen MR) is 122 cm³/mol. The Morgan fingerprint density at radius 3 is 2.38 bits per heavy atom. The number of sulfonamides is 1. The summed E-state index contributed by atoms with van der Waals surface area (Å²) in [7, 11) is -3.72. The summed E-state index contributed by atoms with van der Waals surface area (Å²) in [4.78, 5) is 12.7. The molecular weight excluding hydrogens is 428 g/mol. The van der Waals surface area contributed by atoms with Crippen molar-refractivity contribution in [2.24, 2.45) is 5.92 Å². The molecule has 3 heterocycles. The van der Waals surface area contributed by atoms with Crippen molar-refractivity contribution in [3.8, 4) is 0 Å². The van der Waals surface area contributed by atoms with E-state index < -0.39 is 10.0 Å². The average molecular weight is 461 g/mol. The molecule has 0 aliphatic carbocycles. The third-order valence-electron chi connectivity index (χ3n) is 6.30. The highest BCUT2D eigenvalue weighted by Crippen LogP contribution is 2.29. The van der Waals surface area contributed by atoms with Crippen LogP contribution in [-0.2, 0) is 14.8 Å². The Kier molecular flexibility index (Phi) is 6.71. The van der Waals surface area contributed by atoms with Gasteiger partial charge in [-0.25, -0.2) is 13.8 Å². The van der Waals surface area contributed by atoms with Gasteiger partial charge in [0, 0.05) is 30.7 Å². The van der Waals surface area contributed by atoms with E-state index in [0.29, 0.717) is 43.7 Å². The Hall–Kier alpha value is -2.20. The minimum Gasteiger partial charge on any atom is -0.447 e. The molecule has 2 saturated heterocycles. The van der Waals surface area contributed by atoms with Crippen molar-refractivity contribution in [3.05, 3.63) is 47.7 Å². The van der Waals surface area contributed by atoms with E-state index in [1.54, 1.807) is 6.07 Å². The van der Waals surface area contributed by atoms with E-state index >= 15 is 0 Å². The van der Waals surface area contributed by atoms with Gasteiger partial charge in [-0.1, -0.05) is 26.0 Å². The van der Waals surface area contributed by atoms with E-state index in [1.807, 2.05) is 24.3 Å². The number of furan rings is 1. The third kappa shape index (κ3) is 4.91. The quantitative estimate of drug-likeness (QED) is 0.611. The Morgan fingerprint density at radius 1 is 1.09 bits per heavy atom. The molecular formula is C23H32N4O4S. The molecule has 2 aromatic rings. The SMILES string of the molecule is CC1CC(c2ccc(S(=O)(=O)N3CCC(C(=O)Nc4ccc(C(C)C)cc4)CC3)o2)NN1. The standard InChI is InChI=1S/C23H32N4O4S/c1-15(2)17-4-6-19(7-5-17)24-23(28)18-10-12-27(13-11-18)32(29,30)22-9-8-21(31-22)20-14-16(3)25-26-20/h4-9,15-16,18,20,25-26H,10-14H2,1-3H3,(H,24,28). The summed E-state index contributed by atoms with van der Waals surface area (Å²) in [6.45, 7) is 6.89. The van der Waals surface area contributed by atoms with Crippen molar-refractivity contribution < 1.29 is 17.6 Å². The Balaban J connectivity index is 1.33. The molecule has 174 valence electrons. The van der Waals surface area contributed by atoms with Crippen molar-refractivity contribution in [1.29, 1.82) is 0 Å². The monoisotopic (exact) mass is 460 g/mol. The number of piperidine rings is 1. The van der Waals surface area contributed by atoms with Gasteiger partial charge >= 0.3 is 0 Å². The van der Waals surface area contributed by atoms with E-state index in [9.17, 15) is 13.2 Å². The topological polar surface area (TPSA) is 104 Å². The lowest BCUT2D eigenvalue weighted by Gasteiger charge is -2.29. The van der Waals surface area contributed by atoms with Crippen LogP contribution in [0.2, 0.25) is 0 Å². The maximum atomic E-state index is 13.0. The molecule has 0 spiro atoms. The first-order valence-corrected chi connectivity index (χ1v) is 12.7. The van der Waals surface area contributed by atoms with E-state index in [0.717, 1.165) is 12.1 Å². The van der Waals surface area contributed by atoms with E-state index in [1.165, 1.54) is 15.9 Å². The first kappa shape index (κ1) is 23.0. The highest BCUT2D eigenvalue weighted by Gasteiger charge is 2.35. The molecule has 1 amide bonds. The molecule has 9 heteroatoms. The van der Waals surface area contributed by atoms with Crippen LogP contribution in [0.1, 0.15) is 63.3 Å². The molecule has 8 nitrogen and oxygen atoms in total. The van der Waals surface area contributed by atoms with Gasteiger partial charge in [0.15, 0.2) is 0 Å². The first-order chi connectivity index (χ1) is 15.2. The zero-order chi connectivity index (χ0) is 22.9. The lowest BCUT2D eigenvalue weighted by atomic mass is 9.97. The molecule has 2 aliphatic rings. The summed E-state index contributed by atoms with van der Waals surface area (Å²) in [5.41, 5.74) is 8.21. The number of hydrogen-bond acceptors (Lipinski definition) is 6. The molecule has 3 N–H and O–H groups in total. The number of benzene rings is 1. The lowest BCUT2D eigenvalue weighted by Crippen LogP contribution is -2.41. The number of carbonyl (C=O) groups excluding carboxylic acids is 1. The van der Waals surface area contributed by atoms with Gasteiger partial charge in [0.05, 0.1) is 6.04 Å². The summed E-state index contributed by atoms with van der Waals surface area (Å²) < 4.78 is 33.2.